The first-order valence-electron chi connectivity index (χ1n) is 5.69. The molecule has 2 rings (SSSR count). The van der Waals surface area contributed by atoms with Gasteiger partial charge in [0, 0.05) is 18.9 Å². The summed E-state index contributed by atoms with van der Waals surface area (Å²) in [6.07, 6.45) is 1.62. The highest BCUT2D eigenvalue weighted by molar-refractivity contribution is 7.92. The highest BCUT2D eigenvalue weighted by Gasteiger charge is 2.19. The minimum atomic E-state index is -3.66. The zero-order chi connectivity index (χ0) is 14.2. The lowest BCUT2D eigenvalue weighted by Gasteiger charge is -2.10. The van der Waals surface area contributed by atoms with E-state index in [2.05, 4.69) is 9.82 Å². The Balaban J connectivity index is 2.43. The fourth-order valence-electron chi connectivity index (χ4n) is 1.81. The third kappa shape index (κ3) is 2.70. The van der Waals surface area contributed by atoms with Gasteiger partial charge in [0.05, 0.1) is 16.3 Å². The van der Waals surface area contributed by atoms with E-state index in [-0.39, 0.29) is 4.90 Å². The molecule has 0 radical (unpaired) electrons. The molecule has 0 saturated carbocycles. The molecule has 0 aliphatic carbocycles. The Labute approximate surface area is 112 Å². The van der Waals surface area contributed by atoms with E-state index < -0.39 is 10.0 Å². The number of anilines is 2. The van der Waals surface area contributed by atoms with Crippen LogP contribution in [-0.4, -0.2) is 18.2 Å². The zero-order valence-electron chi connectivity index (χ0n) is 11.0. The summed E-state index contributed by atoms with van der Waals surface area (Å²) in [4.78, 5) is 0.177. The highest BCUT2D eigenvalue weighted by atomic mass is 32.2. The van der Waals surface area contributed by atoms with Gasteiger partial charge >= 0.3 is 0 Å². The van der Waals surface area contributed by atoms with Gasteiger partial charge in [-0.2, -0.15) is 5.10 Å². The molecule has 2 aromatic rings. The number of nitrogen functional groups attached to an aromatic ring is 1. The summed E-state index contributed by atoms with van der Waals surface area (Å²) in [5.74, 6) is 0. The van der Waals surface area contributed by atoms with Gasteiger partial charge in [0.2, 0.25) is 0 Å². The summed E-state index contributed by atoms with van der Waals surface area (Å²) in [6.45, 7) is 3.47. The van der Waals surface area contributed by atoms with Crippen molar-refractivity contribution < 1.29 is 8.42 Å². The van der Waals surface area contributed by atoms with Gasteiger partial charge in [-0.15, -0.1) is 0 Å². The minimum Gasteiger partial charge on any atom is -0.399 e. The van der Waals surface area contributed by atoms with Gasteiger partial charge in [-0.1, -0.05) is 6.07 Å². The molecule has 0 atom stereocenters. The molecule has 0 bridgehead atoms. The van der Waals surface area contributed by atoms with Gasteiger partial charge in [0.25, 0.3) is 10.0 Å². The molecule has 102 valence electrons. The molecule has 0 amide bonds. The van der Waals surface area contributed by atoms with E-state index in [4.69, 9.17) is 5.73 Å². The lowest BCUT2D eigenvalue weighted by atomic mass is 10.2. The van der Waals surface area contributed by atoms with Gasteiger partial charge in [-0.3, -0.25) is 9.40 Å². The predicted molar refractivity (Wildman–Crippen MR) is 74.3 cm³/mol. The molecule has 3 N–H and O–H groups in total. The summed E-state index contributed by atoms with van der Waals surface area (Å²) >= 11 is 0. The van der Waals surface area contributed by atoms with Crippen molar-refractivity contribution >= 4 is 21.4 Å². The summed E-state index contributed by atoms with van der Waals surface area (Å²) in [7, 11) is -1.93. The maximum Gasteiger partial charge on any atom is 0.262 e. The van der Waals surface area contributed by atoms with Crippen molar-refractivity contribution in [2.45, 2.75) is 18.7 Å². The van der Waals surface area contributed by atoms with E-state index >= 15 is 0 Å². The number of aryl methyl sites for hydroxylation is 3. The lowest BCUT2D eigenvalue weighted by Crippen LogP contribution is -2.14. The number of nitrogens with zero attached hydrogens (tertiary/aromatic N) is 2. The van der Waals surface area contributed by atoms with Gasteiger partial charge in [-0.25, -0.2) is 8.42 Å². The zero-order valence-corrected chi connectivity index (χ0v) is 11.8. The predicted octanol–water partition coefficient (Wildman–Crippen LogP) is 1.42. The molecule has 6 nitrogen and oxygen atoms in total. The Kier molecular flexibility index (Phi) is 3.23. The van der Waals surface area contributed by atoms with Gasteiger partial charge in [0.15, 0.2) is 0 Å². The van der Waals surface area contributed by atoms with Crippen LogP contribution >= 0.6 is 0 Å². The Bertz CT molecular complexity index is 719. The van der Waals surface area contributed by atoms with Crippen LogP contribution in [0.4, 0.5) is 11.4 Å². The Hall–Kier alpha value is -2.02. The second kappa shape index (κ2) is 4.58. The average Bonchev–Trinajstić information content (AvgIpc) is 2.60. The summed E-state index contributed by atoms with van der Waals surface area (Å²) < 4.78 is 28.7. The number of benzene rings is 1. The van der Waals surface area contributed by atoms with Crippen LogP contribution in [0.3, 0.4) is 0 Å². The molecular weight excluding hydrogens is 264 g/mol. The van der Waals surface area contributed by atoms with Crippen molar-refractivity contribution in [2.24, 2.45) is 7.05 Å². The second-order valence-corrected chi connectivity index (χ2v) is 6.08. The topological polar surface area (TPSA) is 90.0 Å². The third-order valence-electron chi connectivity index (χ3n) is 2.76. The maximum absolute atomic E-state index is 12.3. The molecule has 0 aliphatic heterocycles. The van der Waals surface area contributed by atoms with Crippen LogP contribution in [0.5, 0.6) is 0 Å². The van der Waals surface area contributed by atoms with Gasteiger partial charge in [-0.05, 0) is 31.5 Å². The molecule has 1 aromatic carbocycles. The number of nitrogens with two attached hydrogens (primary N) is 1. The van der Waals surface area contributed by atoms with E-state index in [1.807, 2.05) is 0 Å². The number of sulfonamides is 1. The smallest absolute Gasteiger partial charge is 0.262 e. The standard InChI is InChI=1S/C12H16N4O2S/c1-8-4-5-10(13)6-12(8)19(17,18)15-11-7-16(3)14-9(11)2/h4-7,15H,13H2,1-3H3. The van der Waals surface area contributed by atoms with Crippen LogP contribution in [-0.2, 0) is 17.1 Å². The first-order chi connectivity index (χ1) is 8.79. The summed E-state index contributed by atoms with van der Waals surface area (Å²) in [5.41, 5.74) is 7.78. The van der Waals surface area contributed by atoms with Crippen LogP contribution in [0.1, 0.15) is 11.3 Å². The highest BCUT2D eigenvalue weighted by Crippen LogP contribution is 2.22. The molecule has 0 saturated heterocycles. The van der Waals surface area contributed by atoms with Gasteiger partial charge in [0.1, 0.15) is 0 Å². The number of nitrogens with one attached hydrogen (secondary N) is 1. The Morgan fingerprint density at radius 3 is 2.58 bits per heavy atom. The molecule has 0 fully saturated rings. The van der Waals surface area contributed by atoms with Crippen LogP contribution in [0.25, 0.3) is 0 Å². The lowest BCUT2D eigenvalue weighted by molar-refractivity contribution is 0.600. The van der Waals surface area contributed by atoms with E-state index in [1.165, 1.54) is 6.07 Å². The molecule has 7 heteroatoms. The maximum atomic E-state index is 12.3. The molecule has 1 heterocycles. The number of aromatic nitrogens is 2. The van der Waals surface area contributed by atoms with E-state index in [0.717, 1.165) is 0 Å². The number of hydrogen-bond acceptors (Lipinski definition) is 4. The fraction of sp³-hybridized carbons (Fsp3) is 0.250. The third-order valence-corrected chi connectivity index (χ3v) is 4.27. The van der Waals surface area contributed by atoms with Crippen molar-refractivity contribution in [1.82, 2.24) is 9.78 Å². The average molecular weight is 280 g/mol. The summed E-state index contributed by atoms with van der Waals surface area (Å²) in [5, 5.41) is 4.09. The first kappa shape index (κ1) is 13.4. The quantitative estimate of drug-likeness (QED) is 0.832. The van der Waals surface area contributed by atoms with Crippen LogP contribution in [0.2, 0.25) is 0 Å². The summed E-state index contributed by atoms with van der Waals surface area (Å²) in [6, 6.07) is 4.80. The SMILES string of the molecule is Cc1ccc(N)cc1S(=O)(=O)Nc1cn(C)nc1C. The van der Waals surface area contributed by atoms with Crippen LogP contribution < -0.4 is 10.5 Å². The van der Waals surface area contributed by atoms with Crippen molar-refractivity contribution in [3.8, 4) is 0 Å². The van der Waals surface area contributed by atoms with Crippen molar-refractivity contribution in [3.05, 3.63) is 35.7 Å². The van der Waals surface area contributed by atoms with Crippen molar-refractivity contribution in [3.63, 3.8) is 0 Å². The molecular formula is C12H16N4O2S. The largest absolute Gasteiger partial charge is 0.399 e. The van der Waals surface area contributed by atoms with Crippen molar-refractivity contribution in [2.75, 3.05) is 10.5 Å². The molecule has 0 spiro atoms. The molecule has 19 heavy (non-hydrogen) atoms. The van der Waals surface area contributed by atoms with E-state index in [1.54, 1.807) is 43.9 Å². The minimum absolute atomic E-state index is 0.177. The fourth-order valence-corrected chi connectivity index (χ4v) is 3.19. The van der Waals surface area contributed by atoms with Gasteiger partial charge < -0.3 is 5.73 Å². The monoisotopic (exact) mass is 280 g/mol. The molecule has 1 aromatic heterocycles. The van der Waals surface area contributed by atoms with Crippen molar-refractivity contribution in [1.29, 1.82) is 0 Å². The molecule has 0 aliphatic rings. The number of hydrogen-bond donors (Lipinski definition) is 2. The Morgan fingerprint density at radius 1 is 1.32 bits per heavy atom. The Morgan fingerprint density at radius 2 is 2.00 bits per heavy atom. The normalized spacial score (nSPS) is 11.5. The second-order valence-electron chi connectivity index (χ2n) is 4.43. The van der Waals surface area contributed by atoms with Crippen LogP contribution in [0, 0.1) is 13.8 Å². The number of rotatable bonds is 3. The molecule has 0 unspecified atom stereocenters. The first-order valence-corrected chi connectivity index (χ1v) is 7.17. The van der Waals surface area contributed by atoms with Crippen LogP contribution in [0.15, 0.2) is 29.3 Å². The van der Waals surface area contributed by atoms with E-state index in [0.29, 0.717) is 22.6 Å². The van der Waals surface area contributed by atoms with E-state index in [9.17, 15) is 8.42 Å².